The second-order valence-electron chi connectivity index (χ2n) is 8.46. The van der Waals surface area contributed by atoms with Crippen LogP contribution in [0.4, 0.5) is 23.7 Å². The Bertz CT molecular complexity index is 1570. The summed E-state index contributed by atoms with van der Waals surface area (Å²) in [5.41, 5.74) is 0.128. The largest absolute Gasteiger partial charge is 0.495 e. The first-order chi connectivity index (χ1) is 19.3. The van der Waals surface area contributed by atoms with Crippen LogP contribution in [0, 0.1) is 0 Å². The van der Waals surface area contributed by atoms with Crippen LogP contribution >= 0.6 is 50.9 Å². The van der Waals surface area contributed by atoms with Gasteiger partial charge in [0.1, 0.15) is 24.7 Å². The number of carbonyl (C=O) groups excluding carboxylic acids is 3. The van der Waals surface area contributed by atoms with E-state index in [1.54, 1.807) is 36.4 Å². The summed E-state index contributed by atoms with van der Waals surface area (Å²) in [4.78, 5) is 38.7. The molecule has 0 unspecified atom stereocenters. The van der Waals surface area contributed by atoms with Crippen LogP contribution in [-0.2, 0) is 22.4 Å². The van der Waals surface area contributed by atoms with E-state index in [0.29, 0.717) is 48.6 Å². The number of benzene rings is 3. The van der Waals surface area contributed by atoms with E-state index in [1.165, 1.54) is 13.2 Å². The summed E-state index contributed by atoms with van der Waals surface area (Å²) in [7, 11) is 1.23. The maximum absolute atomic E-state index is 13.1. The summed E-state index contributed by atoms with van der Waals surface area (Å²) in [5.74, 6) is -1.10. The molecule has 0 aromatic heterocycles. The summed E-state index contributed by atoms with van der Waals surface area (Å²) >= 11 is 16.0. The van der Waals surface area contributed by atoms with Crippen molar-refractivity contribution in [1.82, 2.24) is 4.90 Å². The van der Waals surface area contributed by atoms with E-state index < -0.39 is 35.3 Å². The number of nitrogens with one attached hydrogen (secondary N) is 1. The van der Waals surface area contributed by atoms with Crippen LogP contribution in [0.5, 0.6) is 11.5 Å². The molecule has 41 heavy (non-hydrogen) atoms. The van der Waals surface area contributed by atoms with Crippen molar-refractivity contribution < 1.29 is 37.0 Å². The molecule has 7 nitrogen and oxygen atoms in total. The van der Waals surface area contributed by atoms with E-state index in [2.05, 4.69) is 21.2 Å². The van der Waals surface area contributed by atoms with Gasteiger partial charge in [0.2, 0.25) is 5.91 Å². The Morgan fingerprint density at radius 2 is 1.78 bits per heavy atom. The topological polar surface area (TPSA) is 84.9 Å². The van der Waals surface area contributed by atoms with Crippen LogP contribution in [0.3, 0.4) is 0 Å². The monoisotopic (exact) mass is 688 g/mol. The van der Waals surface area contributed by atoms with Crippen molar-refractivity contribution in [3.8, 4) is 11.5 Å². The zero-order chi connectivity index (χ0) is 29.9. The first kappa shape index (κ1) is 30.8. The van der Waals surface area contributed by atoms with Gasteiger partial charge in [0.05, 0.1) is 37.8 Å². The molecule has 3 amide bonds. The highest BCUT2D eigenvalue weighted by Crippen LogP contribution is 2.36. The fraction of sp³-hybridized carbons (Fsp3) is 0.148. The number of hydrogen-bond acceptors (Lipinski definition) is 6. The number of rotatable bonds is 8. The van der Waals surface area contributed by atoms with Crippen molar-refractivity contribution in [3.05, 3.63) is 90.7 Å². The fourth-order valence-electron chi connectivity index (χ4n) is 3.62. The van der Waals surface area contributed by atoms with Crippen molar-refractivity contribution in [1.29, 1.82) is 0 Å². The van der Waals surface area contributed by atoms with Gasteiger partial charge >= 0.3 is 6.18 Å². The number of carbonyl (C=O) groups is 3. The van der Waals surface area contributed by atoms with Gasteiger partial charge in [-0.05, 0) is 87.4 Å². The van der Waals surface area contributed by atoms with Gasteiger partial charge in [0.15, 0.2) is 0 Å². The molecule has 1 aliphatic heterocycles. The predicted molar refractivity (Wildman–Crippen MR) is 154 cm³/mol. The van der Waals surface area contributed by atoms with Crippen LogP contribution in [0.1, 0.15) is 16.7 Å². The minimum Gasteiger partial charge on any atom is -0.495 e. The van der Waals surface area contributed by atoms with Gasteiger partial charge in [-0.15, -0.1) is 0 Å². The number of anilines is 1. The number of imide groups is 1. The molecular formula is C27H18BrCl2F3N2O5S. The van der Waals surface area contributed by atoms with Crippen molar-refractivity contribution >= 4 is 79.7 Å². The summed E-state index contributed by atoms with van der Waals surface area (Å²) < 4.78 is 50.7. The molecule has 4 rings (SSSR count). The van der Waals surface area contributed by atoms with E-state index in [0.717, 1.165) is 17.7 Å². The highest BCUT2D eigenvalue weighted by atomic mass is 79.9. The number of amides is 3. The van der Waals surface area contributed by atoms with Gasteiger partial charge in [-0.2, -0.15) is 13.2 Å². The van der Waals surface area contributed by atoms with Crippen LogP contribution in [0.15, 0.2) is 64.0 Å². The molecule has 0 atom stereocenters. The maximum atomic E-state index is 13.1. The van der Waals surface area contributed by atoms with Crippen LogP contribution in [0.2, 0.25) is 10.0 Å². The van der Waals surface area contributed by atoms with Crippen molar-refractivity contribution in [3.63, 3.8) is 0 Å². The summed E-state index contributed by atoms with van der Waals surface area (Å²) in [6.45, 7) is -0.477. The molecule has 1 fully saturated rings. The fourth-order valence-corrected chi connectivity index (χ4v) is 5.29. The Hall–Kier alpha value is -3.19. The van der Waals surface area contributed by atoms with E-state index in [1.807, 2.05) is 0 Å². The Labute approximate surface area is 254 Å². The molecule has 1 N–H and O–H groups in total. The molecule has 1 heterocycles. The summed E-state index contributed by atoms with van der Waals surface area (Å²) in [6.07, 6.45) is -3.17. The SMILES string of the molecule is COc1ccc(C(F)(F)F)cc1NC(=O)CN1C(=O)S/C(=C\c2ccc(OCc3ccc(Cl)c(Cl)c3)c(Br)c2)C1=O. The summed E-state index contributed by atoms with van der Waals surface area (Å²) in [5, 5.41) is 2.41. The number of hydrogen-bond donors (Lipinski definition) is 1. The van der Waals surface area contributed by atoms with Crippen LogP contribution < -0.4 is 14.8 Å². The average Bonchev–Trinajstić information content (AvgIpc) is 3.16. The van der Waals surface area contributed by atoms with Crippen molar-refractivity contribution in [2.24, 2.45) is 0 Å². The third kappa shape index (κ3) is 7.56. The molecule has 0 bridgehead atoms. The molecule has 0 saturated carbocycles. The van der Waals surface area contributed by atoms with Gasteiger partial charge in [-0.1, -0.05) is 35.3 Å². The molecule has 3 aromatic carbocycles. The highest BCUT2D eigenvalue weighted by Gasteiger charge is 2.37. The van der Waals surface area contributed by atoms with E-state index in [-0.39, 0.29) is 22.9 Å². The second kappa shape index (κ2) is 12.8. The van der Waals surface area contributed by atoms with Gasteiger partial charge in [0.25, 0.3) is 11.1 Å². The third-order valence-corrected chi connectivity index (χ3v) is 7.87. The van der Waals surface area contributed by atoms with Crippen LogP contribution in [0.25, 0.3) is 6.08 Å². The molecule has 1 saturated heterocycles. The molecular weight excluding hydrogens is 672 g/mol. The van der Waals surface area contributed by atoms with Gasteiger partial charge in [0, 0.05) is 0 Å². The number of alkyl halides is 3. The van der Waals surface area contributed by atoms with Crippen molar-refractivity contribution in [2.45, 2.75) is 12.8 Å². The molecule has 0 aliphatic carbocycles. The average molecular weight is 690 g/mol. The molecule has 14 heteroatoms. The zero-order valence-corrected chi connectivity index (χ0v) is 24.8. The number of thioether (sulfide) groups is 1. The lowest BCUT2D eigenvalue weighted by atomic mass is 10.1. The molecule has 3 aromatic rings. The normalized spacial score (nSPS) is 14.5. The van der Waals surface area contributed by atoms with E-state index in [9.17, 15) is 27.6 Å². The number of methoxy groups -OCH3 is 1. The number of halogens is 6. The Kier molecular flexibility index (Phi) is 9.58. The third-order valence-electron chi connectivity index (χ3n) is 5.61. The van der Waals surface area contributed by atoms with Gasteiger partial charge in [-0.3, -0.25) is 19.3 Å². The van der Waals surface area contributed by atoms with Gasteiger partial charge in [-0.25, -0.2) is 0 Å². The molecule has 214 valence electrons. The second-order valence-corrected chi connectivity index (χ2v) is 11.1. The lowest BCUT2D eigenvalue weighted by Crippen LogP contribution is -2.36. The van der Waals surface area contributed by atoms with Gasteiger partial charge < -0.3 is 14.8 Å². The Balaban J connectivity index is 1.42. The lowest BCUT2D eigenvalue weighted by Gasteiger charge is -2.16. The smallest absolute Gasteiger partial charge is 0.416 e. The first-order valence-electron chi connectivity index (χ1n) is 11.5. The minimum absolute atomic E-state index is 0.0182. The van der Waals surface area contributed by atoms with E-state index in [4.69, 9.17) is 32.7 Å². The molecule has 0 radical (unpaired) electrons. The first-order valence-corrected chi connectivity index (χ1v) is 13.9. The maximum Gasteiger partial charge on any atom is 0.416 e. The Morgan fingerprint density at radius 3 is 2.44 bits per heavy atom. The predicted octanol–water partition coefficient (Wildman–Crippen LogP) is 8.04. The summed E-state index contributed by atoms with van der Waals surface area (Å²) in [6, 6.07) is 12.8. The Morgan fingerprint density at radius 1 is 1.05 bits per heavy atom. The standard InChI is InChI=1S/C27H18BrCl2F3N2O5S/c1-39-22-7-4-16(27(31,32)33)11-20(22)34-24(36)12-35-25(37)23(41-26(35)38)10-14-3-6-21(17(28)8-14)40-13-15-2-5-18(29)19(30)9-15/h2-11H,12-13H2,1H3,(H,34,36)/b23-10-. The van der Waals surface area contributed by atoms with E-state index >= 15 is 0 Å². The molecule has 1 aliphatic rings. The number of nitrogens with zero attached hydrogens (tertiary/aromatic N) is 1. The van der Waals surface area contributed by atoms with Crippen molar-refractivity contribution in [2.75, 3.05) is 19.0 Å². The number of ether oxygens (including phenoxy) is 2. The quantitative estimate of drug-likeness (QED) is 0.241. The lowest BCUT2D eigenvalue weighted by molar-refractivity contribution is -0.137. The molecule has 0 spiro atoms. The van der Waals surface area contributed by atoms with Crippen LogP contribution in [-0.4, -0.2) is 35.6 Å². The zero-order valence-electron chi connectivity index (χ0n) is 20.9. The minimum atomic E-state index is -4.65. The highest BCUT2D eigenvalue weighted by molar-refractivity contribution is 9.10.